The van der Waals surface area contributed by atoms with Crippen molar-refractivity contribution in [2.75, 3.05) is 5.32 Å². The summed E-state index contributed by atoms with van der Waals surface area (Å²) in [4.78, 5) is 24.0. The van der Waals surface area contributed by atoms with Crippen LogP contribution >= 0.6 is 0 Å². The van der Waals surface area contributed by atoms with Crippen molar-refractivity contribution in [3.8, 4) is 11.4 Å². The molecule has 1 N–H and O–H groups in total. The first-order valence-electron chi connectivity index (χ1n) is 8.15. The third kappa shape index (κ3) is 3.40. The van der Waals surface area contributed by atoms with E-state index in [9.17, 15) is 4.79 Å². The predicted octanol–water partition coefficient (Wildman–Crippen LogP) is 2.24. The fourth-order valence-corrected chi connectivity index (χ4v) is 3.02. The minimum Gasteiger partial charge on any atom is -0.351 e. The number of benzene rings is 1. The molecule has 0 spiro atoms. The second-order valence-corrected chi connectivity index (χ2v) is 6.20. The maximum Gasteiger partial charge on any atom is 0.234 e. The van der Waals surface area contributed by atoms with Gasteiger partial charge in [0.15, 0.2) is 0 Å². The molecule has 1 aliphatic carbocycles. The molecule has 3 aromatic rings. The van der Waals surface area contributed by atoms with Gasteiger partial charge in [-0.1, -0.05) is 29.4 Å². The van der Waals surface area contributed by atoms with E-state index in [4.69, 9.17) is 4.52 Å². The first-order valence-corrected chi connectivity index (χ1v) is 8.15. The predicted molar refractivity (Wildman–Crippen MR) is 91.0 cm³/mol. The molecule has 4 rings (SSSR count). The molecule has 2 heterocycles. The summed E-state index contributed by atoms with van der Waals surface area (Å²) in [5.74, 6) is 1.24. The van der Waals surface area contributed by atoms with Crippen molar-refractivity contribution in [1.29, 1.82) is 0 Å². The summed E-state index contributed by atoms with van der Waals surface area (Å²) in [5.41, 5.74) is 3.40. The number of carbonyl (C=O) groups is 1. The zero-order valence-corrected chi connectivity index (χ0v) is 13.8. The molecule has 0 fully saturated rings. The number of aromatic nitrogens is 4. The number of nitrogens with zero attached hydrogens (tertiary/aromatic N) is 4. The van der Waals surface area contributed by atoms with E-state index < -0.39 is 0 Å². The molecule has 1 aliphatic rings. The van der Waals surface area contributed by atoms with Crippen molar-refractivity contribution >= 4 is 11.7 Å². The van der Waals surface area contributed by atoms with Crippen LogP contribution in [0.4, 0.5) is 5.95 Å². The van der Waals surface area contributed by atoms with Crippen LogP contribution in [0.2, 0.25) is 0 Å². The maximum atomic E-state index is 11.1. The molecule has 0 saturated heterocycles. The molecule has 126 valence electrons. The minimum absolute atomic E-state index is 0.0245. The van der Waals surface area contributed by atoms with Gasteiger partial charge in [0.2, 0.25) is 17.7 Å². The summed E-state index contributed by atoms with van der Waals surface area (Å²) in [7, 11) is 0. The van der Waals surface area contributed by atoms with Gasteiger partial charge in [-0.2, -0.15) is 4.98 Å². The molecular formula is C18H17N5O2. The fraction of sp³-hybridized carbons (Fsp3) is 0.278. The number of rotatable bonds is 5. The second kappa shape index (κ2) is 6.43. The number of nitrogens with one attached hydrogen (secondary N) is 1. The van der Waals surface area contributed by atoms with Crippen LogP contribution in [-0.4, -0.2) is 31.9 Å². The fourth-order valence-electron chi connectivity index (χ4n) is 3.02. The molecule has 2 aromatic heterocycles. The van der Waals surface area contributed by atoms with Gasteiger partial charge in [0, 0.05) is 18.4 Å². The van der Waals surface area contributed by atoms with Crippen molar-refractivity contribution in [3.63, 3.8) is 0 Å². The number of hydrogen-bond acceptors (Lipinski definition) is 7. The Bertz CT molecular complexity index is 879. The van der Waals surface area contributed by atoms with E-state index >= 15 is 0 Å². The molecule has 0 aliphatic heterocycles. The van der Waals surface area contributed by atoms with Crippen LogP contribution in [0.25, 0.3) is 11.4 Å². The Balaban J connectivity index is 1.42. The monoisotopic (exact) mass is 335 g/mol. The van der Waals surface area contributed by atoms with E-state index in [-0.39, 0.29) is 12.2 Å². The first kappa shape index (κ1) is 15.4. The molecule has 0 bridgehead atoms. The minimum atomic E-state index is -0.0245. The van der Waals surface area contributed by atoms with Crippen molar-refractivity contribution in [2.45, 2.75) is 32.2 Å². The number of hydrogen-bond donors (Lipinski definition) is 1. The van der Waals surface area contributed by atoms with Crippen LogP contribution < -0.4 is 5.32 Å². The summed E-state index contributed by atoms with van der Waals surface area (Å²) in [5, 5.41) is 7.23. The smallest absolute Gasteiger partial charge is 0.234 e. The third-order valence-electron chi connectivity index (χ3n) is 4.16. The Morgan fingerprint density at radius 3 is 2.52 bits per heavy atom. The highest BCUT2D eigenvalue weighted by molar-refractivity contribution is 5.77. The van der Waals surface area contributed by atoms with E-state index in [1.54, 1.807) is 12.4 Å². The normalized spacial score (nSPS) is 13.6. The standard InChI is InChI=1S/C18H17N5O2/c1-11(24)6-16-22-17(23-25-16)14-9-19-18(20-10-14)21-15-7-12-4-2-3-5-13(12)8-15/h2-5,9-10,15H,6-8H2,1H3,(H,19,20,21). The average Bonchev–Trinajstić information content (AvgIpc) is 3.21. The third-order valence-corrected chi connectivity index (χ3v) is 4.16. The zero-order chi connectivity index (χ0) is 17.2. The highest BCUT2D eigenvalue weighted by Gasteiger charge is 2.21. The summed E-state index contributed by atoms with van der Waals surface area (Å²) in [6.45, 7) is 1.48. The van der Waals surface area contributed by atoms with Crippen LogP contribution in [-0.2, 0) is 24.1 Å². The van der Waals surface area contributed by atoms with Crippen LogP contribution in [0.1, 0.15) is 23.9 Å². The molecule has 0 radical (unpaired) electrons. The number of carbonyl (C=O) groups excluding carboxylic acids is 1. The van der Waals surface area contributed by atoms with Crippen molar-refractivity contribution in [1.82, 2.24) is 20.1 Å². The molecule has 0 saturated carbocycles. The molecule has 0 amide bonds. The SMILES string of the molecule is CC(=O)Cc1nc(-c2cnc(NC3Cc4ccccc4C3)nc2)no1. The number of fused-ring (bicyclic) bond motifs is 1. The molecule has 25 heavy (non-hydrogen) atoms. The van der Waals surface area contributed by atoms with Gasteiger partial charge < -0.3 is 9.84 Å². The topological polar surface area (TPSA) is 93.8 Å². The molecule has 1 aromatic carbocycles. The van der Waals surface area contributed by atoms with E-state index in [1.807, 2.05) is 0 Å². The van der Waals surface area contributed by atoms with E-state index in [2.05, 4.69) is 49.7 Å². The van der Waals surface area contributed by atoms with E-state index in [1.165, 1.54) is 18.1 Å². The summed E-state index contributed by atoms with van der Waals surface area (Å²) < 4.78 is 5.05. The lowest BCUT2D eigenvalue weighted by Gasteiger charge is -2.11. The largest absolute Gasteiger partial charge is 0.351 e. The lowest BCUT2D eigenvalue weighted by atomic mass is 10.1. The Hall–Kier alpha value is -3.09. The Morgan fingerprint density at radius 2 is 1.88 bits per heavy atom. The summed E-state index contributed by atoms with van der Waals surface area (Å²) in [6, 6.07) is 8.76. The van der Waals surface area contributed by atoms with Crippen LogP contribution in [0.3, 0.4) is 0 Å². The maximum absolute atomic E-state index is 11.1. The van der Waals surface area contributed by atoms with Crippen molar-refractivity contribution in [2.24, 2.45) is 0 Å². The lowest BCUT2D eigenvalue weighted by molar-refractivity contribution is -0.116. The quantitative estimate of drug-likeness (QED) is 0.764. The van der Waals surface area contributed by atoms with Crippen LogP contribution in [0.5, 0.6) is 0 Å². The van der Waals surface area contributed by atoms with E-state index in [0.717, 1.165) is 12.8 Å². The zero-order valence-electron chi connectivity index (χ0n) is 13.8. The van der Waals surface area contributed by atoms with Gasteiger partial charge in [-0.15, -0.1) is 0 Å². The molecular weight excluding hydrogens is 318 g/mol. The number of anilines is 1. The highest BCUT2D eigenvalue weighted by atomic mass is 16.5. The van der Waals surface area contributed by atoms with Crippen LogP contribution in [0.15, 0.2) is 41.2 Å². The van der Waals surface area contributed by atoms with Crippen molar-refractivity contribution in [3.05, 3.63) is 53.7 Å². The van der Waals surface area contributed by atoms with Crippen molar-refractivity contribution < 1.29 is 9.32 Å². The Morgan fingerprint density at radius 1 is 1.20 bits per heavy atom. The van der Waals surface area contributed by atoms with Gasteiger partial charge in [-0.25, -0.2) is 9.97 Å². The summed E-state index contributed by atoms with van der Waals surface area (Å²) >= 11 is 0. The molecule has 7 heteroatoms. The first-order chi connectivity index (χ1) is 12.2. The Labute approximate surface area is 144 Å². The van der Waals surface area contributed by atoms with Gasteiger partial charge in [0.1, 0.15) is 5.78 Å². The Kier molecular flexibility index (Phi) is 3.97. The number of Topliss-reactive ketones (excluding diaryl/α,β-unsaturated/α-hetero) is 1. The molecule has 0 atom stereocenters. The highest BCUT2D eigenvalue weighted by Crippen LogP contribution is 2.23. The lowest BCUT2D eigenvalue weighted by Crippen LogP contribution is -2.20. The van der Waals surface area contributed by atoms with Gasteiger partial charge in [-0.3, -0.25) is 4.79 Å². The van der Waals surface area contributed by atoms with Gasteiger partial charge in [-0.05, 0) is 30.9 Å². The summed E-state index contributed by atoms with van der Waals surface area (Å²) in [6.07, 6.45) is 5.39. The molecule has 7 nitrogen and oxygen atoms in total. The van der Waals surface area contributed by atoms with Gasteiger partial charge >= 0.3 is 0 Å². The number of ketones is 1. The second-order valence-electron chi connectivity index (χ2n) is 6.20. The van der Waals surface area contributed by atoms with E-state index in [0.29, 0.717) is 29.3 Å². The van der Waals surface area contributed by atoms with Crippen LogP contribution in [0, 0.1) is 0 Å². The molecule has 0 unspecified atom stereocenters. The average molecular weight is 335 g/mol. The van der Waals surface area contributed by atoms with Gasteiger partial charge in [0.05, 0.1) is 12.0 Å². The van der Waals surface area contributed by atoms with Gasteiger partial charge in [0.25, 0.3) is 0 Å².